The molecule has 1 rings (SSSR count). The van der Waals surface area contributed by atoms with Crippen LogP contribution in [-0.2, 0) is 9.47 Å². The molecule has 0 amide bonds. The van der Waals surface area contributed by atoms with Crippen LogP contribution in [0.15, 0.2) is 36.6 Å². The fraction of sp³-hybridized carbons (Fsp3) is 0.739. The van der Waals surface area contributed by atoms with Crippen LogP contribution in [0.1, 0.15) is 85.0 Å². The topological polar surface area (TPSA) is 18.5 Å². The maximum atomic E-state index is 5.90. The Hall–Kier alpha value is -1.02. The summed E-state index contributed by atoms with van der Waals surface area (Å²) in [7, 11) is 0. The summed E-state index contributed by atoms with van der Waals surface area (Å²) in [5, 5.41) is 0. The Kier molecular flexibility index (Phi) is 12.5. The Morgan fingerprint density at radius 2 is 1.56 bits per heavy atom. The van der Waals surface area contributed by atoms with Gasteiger partial charge in [0.1, 0.15) is 0 Å². The predicted octanol–water partition coefficient (Wildman–Crippen LogP) is 6.98. The standard InChI is InChI=1S/C23H40O2/c1-4-7-8-9-10-11-12-13-16-20-24-21-19-23(5-2)18-15-14-17-22(23)25-6-3/h14-15,17-19,21-22H,4-13,16,20H2,1-3H3. The lowest BCUT2D eigenvalue weighted by Crippen LogP contribution is -2.33. The number of hydrogen-bond donors (Lipinski definition) is 0. The maximum Gasteiger partial charge on any atom is 0.0885 e. The molecule has 0 fully saturated rings. The van der Waals surface area contributed by atoms with Crippen LogP contribution < -0.4 is 0 Å². The van der Waals surface area contributed by atoms with E-state index in [0.29, 0.717) is 0 Å². The van der Waals surface area contributed by atoms with E-state index in [9.17, 15) is 0 Å². The van der Waals surface area contributed by atoms with Crippen molar-refractivity contribution in [3.63, 3.8) is 0 Å². The van der Waals surface area contributed by atoms with Crippen molar-refractivity contribution in [3.05, 3.63) is 36.6 Å². The first kappa shape index (κ1) is 22.0. The Morgan fingerprint density at radius 3 is 2.20 bits per heavy atom. The van der Waals surface area contributed by atoms with Crippen molar-refractivity contribution in [3.8, 4) is 0 Å². The van der Waals surface area contributed by atoms with Gasteiger partial charge < -0.3 is 9.47 Å². The SMILES string of the molecule is CCCCCCCCCCCOC=CC1(CC)C=CC=CC1OCC. The molecule has 2 atom stereocenters. The number of unbranched alkanes of at least 4 members (excludes halogenated alkanes) is 8. The first-order valence-corrected chi connectivity index (χ1v) is 10.6. The lowest BCUT2D eigenvalue weighted by molar-refractivity contribution is 0.0359. The van der Waals surface area contributed by atoms with Gasteiger partial charge >= 0.3 is 0 Å². The summed E-state index contributed by atoms with van der Waals surface area (Å²) in [6, 6.07) is 0. The summed E-state index contributed by atoms with van der Waals surface area (Å²) in [6.07, 6.45) is 25.9. The minimum absolute atomic E-state index is 0.0662. The van der Waals surface area contributed by atoms with E-state index < -0.39 is 0 Å². The molecule has 0 aromatic heterocycles. The van der Waals surface area contributed by atoms with Crippen molar-refractivity contribution in [2.45, 2.75) is 91.1 Å². The molecule has 25 heavy (non-hydrogen) atoms. The molecule has 0 radical (unpaired) electrons. The highest BCUT2D eigenvalue weighted by Crippen LogP contribution is 2.35. The van der Waals surface area contributed by atoms with Crippen LogP contribution in [0.25, 0.3) is 0 Å². The zero-order chi connectivity index (χ0) is 18.2. The van der Waals surface area contributed by atoms with Gasteiger partial charge in [-0.3, -0.25) is 0 Å². The van der Waals surface area contributed by atoms with Gasteiger partial charge in [0, 0.05) is 12.0 Å². The zero-order valence-corrected chi connectivity index (χ0v) is 16.8. The highest BCUT2D eigenvalue weighted by atomic mass is 16.5. The van der Waals surface area contributed by atoms with Crippen LogP contribution in [0.4, 0.5) is 0 Å². The van der Waals surface area contributed by atoms with Gasteiger partial charge in [-0.05, 0) is 25.8 Å². The second kappa shape index (κ2) is 14.2. The first-order chi connectivity index (χ1) is 12.3. The van der Waals surface area contributed by atoms with Gasteiger partial charge in [-0.1, -0.05) is 89.5 Å². The lowest BCUT2D eigenvalue weighted by Gasteiger charge is -2.34. The average molecular weight is 349 g/mol. The highest BCUT2D eigenvalue weighted by Gasteiger charge is 2.32. The van der Waals surface area contributed by atoms with Gasteiger partial charge in [0.2, 0.25) is 0 Å². The fourth-order valence-electron chi connectivity index (χ4n) is 3.39. The normalized spacial score (nSPS) is 22.8. The average Bonchev–Trinajstić information content (AvgIpc) is 2.64. The minimum atomic E-state index is -0.0662. The molecular formula is C23H40O2. The van der Waals surface area contributed by atoms with E-state index in [0.717, 1.165) is 26.1 Å². The molecule has 0 spiro atoms. The van der Waals surface area contributed by atoms with Gasteiger partial charge in [0.05, 0.1) is 19.0 Å². The molecule has 0 bridgehead atoms. The smallest absolute Gasteiger partial charge is 0.0885 e. The van der Waals surface area contributed by atoms with E-state index in [4.69, 9.17) is 9.47 Å². The van der Waals surface area contributed by atoms with Crippen LogP contribution in [0.2, 0.25) is 0 Å². The first-order valence-electron chi connectivity index (χ1n) is 10.6. The van der Waals surface area contributed by atoms with Crippen molar-refractivity contribution in [1.29, 1.82) is 0 Å². The number of ether oxygens (including phenoxy) is 2. The van der Waals surface area contributed by atoms with E-state index >= 15 is 0 Å². The summed E-state index contributed by atoms with van der Waals surface area (Å²) >= 11 is 0. The quantitative estimate of drug-likeness (QED) is 0.235. The maximum absolute atomic E-state index is 5.90. The number of rotatable bonds is 15. The molecular weight excluding hydrogens is 308 g/mol. The van der Waals surface area contributed by atoms with Crippen LogP contribution >= 0.6 is 0 Å². The lowest BCUT2D eigenvalue weighted by atomic mass is 9.77. The van der Waals surface area contributed by atoms with E-state index in [2.05, 4.69) is 51.2 Å². The van der Waals surface area contributed by atoms with Gasteiger partial charge in [-0.2, -0.15) is 0 Å². The van der Waals surface area contributed by atoms with Gasteiger partial charge in [0.15, 0.2) is 0 Å². The molecule has 2 unspecified atom stereocenters. The summed E-state index contributed by atoms with van der Waals surface area (Å²) in [4.78, 5) is 0. The third kappa shape index (κ3) is 8.76. The monoisotopic (exact) mass is 348 g/mol. The Morgan fingerprint density at radius 1 is 0.880 bits per heavy atom. The van der Waals surface area contributed by atoms with E-state index in [-0.39, 0.29) is 11.5 Å². The van der Waals surface area contributed by atoms with Gasteiger partial charge in [0.25, 0.3) is 0 Å². The van der Waals surface area contributed by atoms with E-state index in [1.165, 1.54) is 51.4 Å². The third-order valence-corrected chi connectivity index (χ3v) is 5.13. The van der Waals surface area contributed by atoms with Gasteiger partial charge in [-0.15, -0.1) is 0 Å². The zero-order valence-electron chi connectivity index (χ0n) is 16.8. The molecule has 2 heteroatoms. The summed E-state index contributed by atoms with van der Waals surface area (Å²) < 4.78 is 11.7. The van der Waals surface area contributed by atoms with E-state index in [1.807, 2.05) is 6.26 Å². The van der Waals surface area contributed by atoms with Crippen LogP contribution in [-0.4, -0.2) is 19.3 Å². The molecule has 0 saturated carbocycles. The van der Waals surface area contributed by atoms with Crippen molar-refractivity contribution in [2.75, 3.05) is 13.2 Å². The minimum Gasteiger partial charge on any atom is -0.501 e. The Labute approximate surface area is 156 Å². The second-order valence-corrected chi connectivity index (χ2v) is 7.09. The fourth-order valence-corrected chi connectivity index (χ4v) is 3.39. The van der Waals surface area contributed by atoms with Crippen molar-refractivity contribution < 1.29 is 9.47 Å². The largest absolute Gasteiger partial charge is 0.501 e. The third-order valence-electron chi connectivity index (χ3n) is 5.13. The number of allylic oxidation sites excluding steroid dienone is 2. The van der Waals surface area contributed by atoms with Crippen LogP contribution in [0.3, 0.4) is 0 Å². The molecule has 0 aromatic rings. The number of hydrogen-bond acceptors (Lipinski definition) is 2. The second-order valence-electron chi connectivity index (χ2n) is 7.09. The Balaban J connectivity index is 2.15. The predicted molar refractivity (Wildman–Crippen MR) is 109 cm³/mol. The van der Waals surface area contributed by atoms with Crippen molar-refractivity contribution in [2.24, 2.45) is 5.41 Å². The summed E-state index contributed by atoms with van der Waals surface area (Å²) in [5.41, 5.74) is -0.0662. The molecule has 1 aliphatic rings. The molecule has 0 saturated heterocycles. The molecule has 0 aliphatic heterocycles. The van der Waals surface area contributed by atoms with Crippen molar-refractivity contribution in [1.82, 2.24) is 0 Å². The summed E-state index contributed by atoms with van der Waals surface area (Å²) in [5.74, 6) is 0. The molecule has 0 N–H and O–H groups in total. The van der Waals surface area contributed by atoms with Crippen LogP contribution in [0.5, 0.6) is 0 Å². The van der Waals surface area contributed by atoms with Crippen LogP contribution in [0, 0.1) is 5.41 Å². The highest BCUT2D eigenvalue weighted by molar-refractivity contribution is 5.26. The van der Waals surface area contributed by atoms with Crippen molar-refractivity contribution >= 4 is 0 Å². The molecule has 1 aliphatic carbocycles. The molecule has 144 valence electrons. The molecule has 2 nitrogen and oxygen atoms in total. The van der Waals surface area contributed by atoms with E-state index in [1.54, 1.807) is 0 Å². The molecule has 0 heterocycles. The Bertz CT molecular complexity index is 397. The van der Waals surface area contributed by atoms with Gasteiger partial charge in [-0.25, -0.2) is 0 Å². The summed E-state index contributed by atoms with van der Waals surface area (Å²) in [6.45, 7) is 8.09. The molecule has 0 aromatic carbocycles.